The van der Waals surface area contributed by atoms with Gasteiger partial charge in [-0.2, -0.15) is 0 Å². The first-order valence-electron chi connectivity index (χ1n) is 7.94. The molecule has 6 nitrogen and oxygen atoms in total. The minimum Gasteiger partial charge on any atom is -0.352 e. The number of sulfonamides is 1. The van der Waals surface area contributed by atoms with Crippen LogP contribution in [0.4, 0.5) is 0 Å². The second-order valence-corrected chi connectivity index (χ2v) is 7.50. The van der Waals surface area contributed by atoms with Crippen LogP contribution in [0.5, 0.6) is 0 Å². The number of aliphatic imine (C=N–C) groups is 1. The average Bonchev–Trinajstić information content (AvgIpc) is 2.86. The van der Waals surface area contributed by atoms with Gasteiger partial charge in [-0.3, -0.25) is 14.5 Å². The van der Waals surface area contributed by atoms with Crippen molar-refractivity contribution in [3.63, 3.8) is 0 Å². The Morgan fingerprint density at radius 3 is 2.60 bits per heavy atom. The van der Waals surface area contributed by atoms with Crippen LogP contribution in [0, 0.1) is 6.92 Å². The van der Waals surface area contributed by atoms with Crippen molar-refractivity contribution < 1.29 is 13.2 Å². The minimum atomic E-state index is -3.54. The monoisotopic (exact) mass is 357 g/mol. The first-order valence-corrected chi connectivity index (χ1v) is 9.43. The number of nitrogens with one attached hydrogen (secondary N) is 2. The number of hydrogen-bond donors (Lipinski definition) is 2. The van der Waals surface area contributed by atoms with E-state index in [-0.39, 0.29) is 23.8 Å². The molecular weight excluding hydrogens is 338 g/mol. The quantitative estimate of drug-likeness (QED) is 0.854. The summed E-state index contributed by atoms with van der Waals surface area (Å²) in [4.78, 5) is 16.4. The lowest BCUT2D eigenvalue weighted by Crippen LogP contribution is -2.25. The molecule has 1 heterocycles. The van der Waals surface area contributed by atoms with Crippen molar-refractivity contribution in [2.75, 3.05) is 6.54 Å². The van der Waals surface area contributed by atoms with E-state index in [9.17, 15) is 13.2 Å². The van der Waals surface area contributed by atoms with E-state index in [2.05, 4.69) is 15.0 Å². The van der Waals surface area contributed by atoms with E-state index in [1.807, 2.05) is 31.2 Å². The Balaban J connectivity index is 1.55. The maximum Gasteiger partial charge on any atom is 0.263 e. The summed E-state index contributed by atoms with van der Waals surface area (Å²) in [7, 11) is -3.54. The Hall–Kier alpha value is -2.67. The lowest BCUT2D eigenvalue weighted by Gasteiger charge is -2.05. The number of benzene rings is 2. The van der Waals surface area contributed by atoms with Crippen LogP contribution in [0.2, 0.25) is 0 Å². The maximum absolute atomic E-state index is 12.0. The molecule has 2 aromatic rings. The third-order valence-corrected chi connectivity index (χ3v) is 5.28. The highest BCUT2D eigenvalue weighted by Gasteiger charge is 2.29. The van der Waals surface area contributed by atoms with Gasteiger partial charge >= 0.3 is 0 Å². The molecule has 0 spiro atoms. The smallest absolute Gasteiger partial charge is 0.263 e. The summed E-state index contributed by atoms with van der Waals surface area (Å²) < 4.78 is 26.4. The second kappa shape index (κ2) is 7.06. The van der Waals surface area contributed by atoms with Gasteiger partial charge in [-0.05, 0) is 24.6 Å². The van der Waals surface area contributed by atoms with Crippen LogP contribution in [0.1, 0.15) is 23.1 Å². The van der Waals surface area contributed by atoms with E-state index in [0.29, 0.717) is 17.9 Å². The zero-order chi connectivity index (χ0) is 17.9. The van der Waals surface area contributed by atoms with Crippen LogP contribution in [-0.2, 0) is 21.4 Å². The van der Waals surface area contributed by atoms with Crippen LogP contribution in [-0.4, -0.2) is 26.7 Å². The summed E-state index contributed by atoms with van der Waals surface area (Å²) in [6.07, 6.45) is 0.194. The summed E-state index contributed by atoms with van der Waals surface area (Å²) in [6, 6.07) is 14.6. The molecule has 1 aliphatic rings. The van der Waals surface area contributed by atoms with E-state index in [4.69, 9.17) is 0 Å². The number of hydrogen-bond acceptors (Lipinski definition) is 4. The van der Waals surface area contributed by atoms with Gasteiger partial charge in [0.2, 0.25) is 5.91 Å². The van der Waals surface area contributed by atoms with Crippen LogP contribution < -0.4 is 10.0 Å². The van der Waals surface area contributed by atoms with Crippen LogP contribution in [0.15, 0.2) is 58.4 Å². The average molecular weight is 357 g/mol. The standard InChI is InChI=1S/C18H19N3O3S/c1-13-6-8-14(9-7-13)12-20-17(22)10-11-19-18-15-4-2-3-5-16(15)25(23,24)21-18/h2-9H,10-12H2,1H3,(H,19,21)(H,20,22). The molecule has 1 aliphatic heterocycles. The highest BCUT2D eigenvalue weighted by atomic mass is 32.2. The van der Waals surface area contributed by atoms with Crippen molar-refractivity contribution in [1.82, 2.24) is 10.0 Å². The van der Waals surface area contributed by atoms with Gasteiger partial charge in [0.1, 0.15) is 5.84 Å². The molecule has 25 heavy (non-hydrogen) atoms. The third kappa shape index (κ3) is 4.06. The fourth-order valence-corrected chi connectivity index (χ4v) is 3.77. The highest BCUT2D eigenvalue weighted by Crippen LogP contribution is 2.22. The van der Waals surface area contributed by atoms with Gasteiger partial charge in [0.25, 0.3) is 10.0 Å². The largest absolute Gasteiger partial charge is 0.352 e. The number of aryl methyl sites for hydroxylation is 1. The Labute approximate surface area is 147 Å². The number of amides is 1. The number of rotatable bonds is 5. The molecule has 0 aromatic heterocycles. The summed E-state index contributed by atoms with van der Waals surface area (Å²) in [6.45, 7) is 2.69. The van der Waals surface area contributed by atoms with Gasteiger partial charge in [0.15, 0.2) is 0 Å². The molecule has 7 heteroatoms. The lowest BCUT2D eigenvalue weighted by molar-refractivity contribution is -0.121. The van der Waals surface area contributed by atoms with Crippen LogP contribution >= 0.6 is 0 Å². The molecular formula is C18H19N3O3S. The van der Waals surface area contributed by atoms with Gasteiger partial charge in [0.05, 0.1) is 11.4 Å². The van der Waals surface area contributed by atoms with Crippen molar-refractivity contribution in [1.29, 1.82) is 0 Å². The van der Waals surface area contributed by atoms with E-state index >= 15 is 0 Å². The molecule has 0 unspecified atom stereocenters. The number of carbonyl (C=O) groups excluding carboxylic acids is 1. The fraction of sp³-hybridized carbons (Fsp3) is 0.222. The predicted molar refractivity (Wildman–Crippen MR) is 95.8 cm³/mol. The molecule has 0 bridgehead atoms. The Morgan fingerprint density at radius 2 is 1.84 bits per heavy atom. The van der Waals surface area contributed by atoms with Crippen LogP contribution in [0.3, 0.4) is 0 Å². The second-order valence-electron chi connectivity index (χ2n) is 5.84. The zero-order valence-corrected chi connectivity index (χ0v) is 14.6. The highest BCUT2D eigenvalue weighted by molar-refractivity contribution is 7.90. The van der Waals surface area contributed by atoms with Crippen molar-refractivity contribution in [2.45, 2.75) is 24.8 Å². The first kappa shape index (κ1) is 17.2. The Bertz CT molecular complexity index is 919. The molecule has 0 fully saturated rings. The Kier molecular flexibility index (Phi) is 4.85. The lowest BCUT2D eigenvalue weighted by atomic mass is 10.1. The summed E-state index contributed by atoms with van der Waals surface area (Å²) in [5, 5.41) is 2.83. The molecule has 1 amide bonds. The normalized spacial score (nSPS) is 16.3. The first-order chi connectivity index (χ1) is 12.0. The molecule has 0 aliphatic carbocycles. The van der Waals surface area contributed by atoms with Crippen molar-refractivity contribution in [3.05, 3.63) is 65.2 Å². The van der Waals surface area contributed by atoms with Crippen molar-refractivity contribution in [2.24, 2.45) is 4.99 Å². The summed E-state index contributed by atoms with van der Waals surface area (Å²) >= 11 is 0. The summed E-state index contributed by atoms with van der Waals surface area (Å²) in [5.74, 6) is 0.168. The van der Waals surface area contributed by atoms with E-state index in [1.54, 1.807) is 18.2 Å². The van der Waals surface area contributed by atoms with E-state index < -0.39 is 10.0 Å². The molecule has 2 aromatic carbocycles. The van der Waals surface area contributed by atoms with E-state index in [0.717, 1.165) is 5.56 Å². The van der Waals surface area contributed by atoms with Gasteiger partial charge in [-0.25, -0.2) is 8.42 Å². The third-order valence-electron chi connectivity index (χ3n) is 3.88. The number of amidine groups is 1. The SMILES string of the molecule is Cc1ccc(CNC(=O)CCN=C2NS(=O)(=O)c3ccccc32)cc1. The topological polar surface area (TPSA) is 87.6 Å². The molecule has 0 atom stereocenters. The minimum absolute atomic E-state index is 0.126. The predicted octanol–water partition coefficient (Wildman–Crippen LogP) is 1.74. The van der Waals surface area contributed by atoms with Crippen LogP contribution in [0.25, 0.3) is 0 Å². The molecule has 2 N–H and O–H groups in total. The van der Waals surface area contributed by atoms with Gasteiger partial charge in [-0.15, -0.1) is 0 Å². The molecule has 0 saturated heterocycles. The fourth-order valence-electron chi connectivity index (χ4n) is 2.52. The van der Waals surface area contributed by atoms with Crippen molar-refractivity contribution >= 4 is 21.8 Å². The van der Waals surface area contributed by atoms with Gasteiger partial charge < -0.3 is 5.32 Å². The van der Waals surface area contributed by atoms with Crippen molar-refractivity contribution in [3.8, 4) is 0 Å². The molecule has 0 saturated carbocycles. The molecule has 0 radical (unpaired) electrons. The summed E-state index contributed by atoms with van der Waals surface area (Å²) in [5.41, 5.74) is 2.75. The number of carbonyl (C=O) groups is 1. The maximum atomic E-state index is 12.0. The van der Waals surface area contributed by atoms with Gasteiger partial charge in [0, 0.05) is 18.5 Å². The Morgan fingerprint density at radius 1 is 1.12 bits per heavy atom. The number of nitrogens with zero attached hydrogens (tertiary/aromatic N) is 1. The molecule has 130 valence electrons. The van der Waals surface area contributed by atoms with Gasteiger partial charge in [-0.1, -0.05) is 42.0 Å². The zero-order valence-electron chi connectivity index (χ0n) is 13.8. The molecule has 3 rings (SSSR count). The van der Waals surface area contributed by atoms with E-state index in [1.165, 1.54) is 11.6 Å². The number of fused-ring (bicyclic) bond motifs is 1.